The Balaban J connectivity index is 2.04. The Labute approximate surface area is 119 Å². The molecule has 0 aliphatic carbocycles. The van der Waals surface area contributed by atoms with Crippen molar-refractivity contribution in [1.82, 2.24) is 4.90 Å². The van der Waals surface area contributed by atoms with E-state index < -0.39 is 0 Å². The number of piperidine rings is 1. The molecule has 1 amide bonds. The SMILES string of the molecule is CCN1C(=O)CCC(N)C1c1ccc2ccccc2c1. The Hall–Kier alpha value is -1.87. The van der Waals surface area contributed by atoms with Crippen molar-refractivity contribution in [3.8, 4) is 0 Å². The van der Waals surface area contributed by atoms with Gasteiger partial charge in [-0.25, -0.2) is 0 Å². The van der Waals surface area contributed by atoms with Gasteiger partial charge in [-0.3, -0.25) is 4.79 Å². The molecule has 3 rings (SSSR count). The number of hydrogen-bond acceptors (Lipinski definition) is 2. The van der Waals surface area contributed by atoms with Gasteiger partial charge in [-0.2, -0.15) is 0 Å². The maximum atomic E-state index is 12.1. The summed E-state index contributed by atoms with van der Waals surface area (Å²) in [6.07, 6.45) is 1.34. The van der Waals surface area contributed by atoms with E-state index in [1.807, 2.05) is 24.0 Å². The van der Waals surface area contributed by atoms with Crippen LogP contribution in [0.2, 0.25) is 0 Å². The lowest BCUT2D eigenvalue weighted by atomic mass is 9.89. The van der Waals surface area contributed by atoms with Crippen LogP contribution in [0, 0.1) is 0 Å². The summed E-state index contributed by atoms with van der Waals surface area (Å²) in [6, 6.07) is 14.7. The van der Waals surface area contributed by atoms with Crippen LogP contribution in [0.3, 0.4) is 0 Å². The molecule has 20 heavy (non-hydrogen) atoms. The summed E-state index contributed by atoms with van der Waals surface area (Å²) in [5.41, 5.74) is 7.43. The monoisotopic (exact) mass is 268 g/mol. The highest BCUT2D eigenvalue weighted by atomic mass is 16.2. The van der Waals surface area contributed by atoms with E-state index in [4.69, 9.17) is 5.73 Å². The van der Waals surface area contributed by atoms with E-state index in [-0.39, 0.29) is 18.0 Å². The number of likely N-dealkylation sites (tertiary alicyclic amines) is 1. The van der Waals surface area contributed by atoms with Crippen LogP contribution < -0.4 is 5.73 Å². The van der Waals surface area contributed by atoms with Crippen molar-refractivity contribution in [3.05, 3.63) is 48.0 Å². The molecule has 2 atom stereocenters. The molecule has 3 heteroatoms. The number of likely N-dealkylation sites (N-methyl/N-ethyl adjacent to an activating group) is 1. The number of carbonyl (C=O) groups excluding carboxylic acids is 1. The lowest BCUT2D eigenvalue weighted by Gasteiger charge is -2.39. The van der Waals surface area contributed by atoms with Gasteiger partial charge < -0.3 is 10.6 Å². The van der Waals surface area contributed by atoms with E-state index in [0.717, 1.165) is 12.0 Å². The zero-order valence-electron chi connectivity index (χ0n) is 11.8. The Bertz CT molecular complexity index is 638. The first-order valence-electron chi connectivity index (χ1n) is 7.24. The fourth-order valence-electron chi connectivity index (χ4n) is 3.17. The number of rotatable bonds is 2. The van der Waals surface area contributed by atoms with Gasteiger partial charge in [0, 0.05) is 19.0 Å². The summed E-state index contributed by atoms with van der Waals surface area (Å²) in [4.78, 5) is 14.0. The summed E-state index contributed by atoms with van der Waals surface area (Å²) in [5.74, 6) is 0.215. The number of fused-ring (bicyclic) bond motifs is 1. The van der Waals surface area contributed by atoms with Gasteiger partial charge in [-0.15, -0.1) is 0 Å². The average Bonchev–Trinajstić information content (AvgIpc) is 2.48. The van der Waals surface area contributed by atoms with E-state index in [2.05, 4.69) is 30.3 Å². The van der Waals surface area contributed by atoms with Crippen molar-refractivity contribution >= 4 is 16.7 Å². The molecule has 2 N–H and O–H groups in total. The largest absolute Gasteiger partial charge is 0.334 e. The number of benzene rings is 2. The van der Waals surface area contributed by atoms with E-state index in [0.29, 0.717) is 13.0 Å². The van der Waals surface area contributed by atoms with Crippen molar-refractivity contribution in [3.63, 3.8) is 0 Å². The fraction of sp³-hybridized carbons (Fsp3) is 0.353. The Morgan fingerprint density at radius 2 is 1.95 bits per heavy atom. The van der Waals surface area contributed by atoms with Gasteiger partial charge in [0.25, 0.3) is 0 Å². The van der Waals surface area contributed by atoms with Crippen LogP contribution in [0.25, 0.3) is 10.8 Å². The van der Waals surface area contributed by atoms with Gasteiger partial charge >= 0.3 is 0 Å². The van der Waals surface area contributed by atoms with Crippen LogP contribution in [0.5, 0.6) is 0 Å². The minimum Gasteiger partial charge on any atom is -0.334 e. The molecule has 104 valence electrons. The summed E-state index contributed by atoms with van der Waals surface area (Å²) in [5, 5.41) is 2.42. The van der Waals surface area contributed by atoms with Crippen LogP contribution in [-0.4, -0.2) is 23.4 Å². The first kappa shape index (κ1) is 13.1. The molecule has 1 aliphatic heterocycles. The van der Waals surface area contributed by atoms with E-state index >= 15 is 0 Å². The topological polar surface area (TPSA) is 46.3 Å². The summed E-state index contributed by atoms with van der Waals surface area (Å²) >= 11 is 0. The highest BCUT2D eigenvalue weighted by Crippen LogP contribution is 2.32. The van der Waals surface area contributed by atoms with Crippen molar-refractivity contribution < 1.29 is 4.79 Å². The van der Waals surface area contributed by atoms with E-state index in [1.165, 1.54) is 10.8 Å². The molecule has 0 radical (unpaired) electrons. The number of amides is 1. The summed E-state index contributed by atoms with van der Waals surface area (Å²) in [7, 11) is 0. The average molecular weight is 268 g/mol. The number of hydrogen-bond donors (Lipinski definition) is 1. The smallest absolute Gasteiger partial charge is 0.223 e. The first-order valence-corrected chi connectivity index (χ1v) is 7.24. The van der Waals surface area contributed by atoms with Crippen LogP contribution in [0.4, 0.5) is 0 Å². The van der Waals surface area contributed by atoms with Gasteiger partial charge in [-0.1, -0.05) is 36.4 Å². The third kappa shape index (κ3) is 2.18. The predicted molar refractivity (Wildman–Crippen MR) is 81.3 cm³/mol. The second-order valence-electron chi connectivity index (χ2n) is 5.43. The molecule has 2 aromatic carbocycles. The molecular weight excluding hydrogens is 248 g/mol. The molecule has 0 aromatic heterocycles. The highest BCUT2D eigenvalue weighted by Gasteiger charge is 2.33. The van der Waals surface area contributed by atoms with E-state index in [9.17, 15) is 4.79 Å². The highest BCUT2D eigenvalue weighted by molar-refractivity contribution is 5.83. The Morgan fingerprint density at radius 1 is 1.20 bits per heavy atom. The van der Waals surface area contributed by atoms with Gasteiger partial charge in [0.2, 0.25) is 5.91 Å². The first-order chi connectivity index (χ1) is 9.70. The Morgan fingerprint density at radius 3 is 2.70 bits per heavy atom. The summed E-state index contributed by atoms with van der Waals surface area (Å²) < 4.78 is 0. The minimum atomic E-state index is 0.00542. The second kappa shape index (κ2) is 5.25. The zero-order chi connectivity index (χ0) is 14.1. The molecule has 1 aliphatic rings. The van der Waals surface area contributed by atoms with Crippen molar-refractivity contribution in [2.75, 3.05) is 6.54 Å². The quantitative estimate of drug-likeness (QED) is 0.910. The standard InChI is InChI=1S/C17H20N2O/c1-2-19-16(20)10-9-15(18)17(19)14-8-7-12-5-3-4-6-13(12)11-14/h3-8,11,15,17H,2,9-10,18H2,1H3. The second-order valence-corrected chi connectivity index (χ2v) is 5.43. The number of nitrogens with two attached hydrogens (primary N) is 1. The number of carbonyl (C=O) groups is 1. The fourth-order valence-corrected chi connectivity index (χ4v) is 3.17. The molecule has 3 nitrogen and oxygen atoms in total. The maximum absolute atomic E-state index is 12.1. The Kier molecular flexibility index (Phi) is 3.45. The van der Waals surface area contributed by atoms with Crippen molar-refractivity contribution in [1.29, 1.82) is 0 Å². The van der Waals surface area contributed by atoms with Crippen LogP contribution in [0.1, 0.15) is 31.4 Å². The van der Waals surface area contributed by atoms with Gasteiger partial charge in [0.1, 0.15) is 0 Å². The van der Waals surface area contributed by atoms with Crippen LogP contribution >= 0.6 is 0 Å². The van der Waals surface area contributed by atoms with Gasteiger partial charge in [0.05, 0.1) is 6.04 Å². The molecule has 0 bridgehead atoms. The minimum absolute atomic E-state index is 0.00542. The molecular formula is C17H20N2O. The van der Waals surface area contributed by atoms with Crippen LogP contribution in [-0.2, 0) is 4.79 Å². The molecule has 0 saturated carbocycles. The lowest BCUT2D eigenvalue weighted by Crippen LogP contribution is -2.48. The van der Waals surface area contributed by atoms with Gasteiger partial charge in [0.15, 0.2) is 0 Å². The lowest BCUT2D eigenvalue weighted by molar-refractivity contribution is -0.137. The van der Waals surface area contributed by atoms with Gasteiger partial charge in [-0.05, 0) is 35.7 Å². The third-order valence-corrected chi connectivity index (χ3v) is 4.21. The number of nitrogens with zero attached hydrogens (tertiary/aromatic N) is 1. The van der Waals surface area contributed by atoms with Crippen LogP contribution in [0.15, 0.2) is 42.5 Å². The summed E-state index contributed by atoms with van der Waals surface area (Å²) in [6.45, 7) is 2.73. The van der Waals surface area contributed by atoms with Crippen molar-refractivity contribution in [2.24, 2.45) is 5.73 Å². The molecule has 1 saturated heterocycles. The molecule has 2 aromatic rings. The molecule has 1 fully saturated rings. The molecule has 0 spiro atoms. The normalized spacial score (nSPS) is 23.3. The third-order valence-electron chi connectivity index (χ3n) is 4.21. The maximum Gasteiger partial charge on any atom is 0.223 e. The molecule has 1 heterocycles. The van der Waals surface area contributed by atoms with Crippen molar-refractivity contribution in [2.45, 2.75) is 31.8 Å². The van der Waals surface area contributed by atoms with E-state index in [1.54, 1.807) is 0 Å². The molecule has 2 unspecified atom stereocenters. The predicted octanol–water partition coefficient (Wildman–Crippen LogP) is 2.85. The zero-order valence-corrected chi connectivity index (χ0v) is 11.8.